The fourth-order valence-electron chi connectivity index (χ4n) is 6.94. The zero-order valence-corrected chi connectivity index (χ0v) is 41.3. The van der Waals surface area contributed by atoms with Gasteiger partial charge in [0.05, 0.1) is 19.8 Å². The van der Waals surface area contributed by atoms with Gasteiger partial charge in [0.2, 0.25) is 0 Å². The molecule has 0 aromatic rings. The van der Waals surface area contributed by atoms with Crippen LogP contribution in [0.2, 0.25) is 0 Å². The summed E-state index contributed by atoms with van der Waals surface area (Å²) in [6, 6.07) is 0. The van der Waals surface area contributed by atoms with Crippen LogP contribution in [-0.2, 0) is 38.3 Å². The Hall–Kier alpha value is -2.98. The third-order valence-electron chi connectivity index (χ3n) is 10.7. The van der Waals surface area contributed by atoms with Crippen LogP contribution in [0.4, 0.5) is 0 Å². The van der Waals surface area contributed by atoms with Gasteiger partial charge < -0.3 is 34.3 Å². The van der Waals surface area contributed by atoms with Gasteiger partial charge in [-0.15, -0.1) is 0 Å². The molecule has 4 N–H and O–H groups in total. The van der Waals surface area contributed by atoms with E-state index in [4.69, 9.17) is 18.9 Å². The first-order valence-electron chi connectivity index (χ1n) is 25.0. The minimum atomic E-state index is -5.08. The predicted molar refractivity (Wildman–Crippen MR) is 266 cm³/mol. The standard InChI is InChI=1S/C53H88O12S/c1-3-5-7-9-11-13-15-17-19-21-22-23-24-25-27-29-31-33-35-37-39-41-43-61-45-47(46-62-53-51(57)52(65-66(58,59)60)50(56)48(44-54)64-53)63-49(55)42-40-38-36-34-32-30-28-26-20-18-16-14-12-10-8-6-4-2/h5,7,11-14,17-20,22-23,25,27,31,33,47-48,50-54,56-57H,3-4,6,8-10,15-16,21,24,26,28-30,32,34-46H2,1-2H3,(H,58,59,60)/b7-5-,13-11-,14-12-,19-17-,20-18-,23-22-,27-25-,33-31-. The predicted octanol–water partition coefficient (Wildman–Crippen LogP) is 11.4. The molecule has 0 bridgehead atoms. The summed E-state index contributed by atoms with van der Waals surface area (Å²) in [6.45, 7) is 3.74. The van der Waals surface area contributed by atoms with Crippen molar-refractivity contribution in [2.24, 2.45) is 0 Å². The molecule has 1 heterocycles. The van der Waals surface area contributed by atoms with Crippen molar-refractivity contribution in [3.05, 3.63) is 97.2 Å². The molecule has 12 nitrogen and oxygen atoms in total. The molecule has 0 aromatic heterocycles. The van der Waals surface area contributed by atoms with E-state index in [-0.39, 0.29) is 19.6 Å². The van der Waals surface area contributed by atoms with Gasteiger partial charge in [-0.2, -0.15) is 8.42 Å². The lowest BCUT2D eigenvalue weighted by Crippen LogP contribution is -2.60. The maximum absolute atomic E-state index is 12.9. The van der Waals surface area contributed by atoms with E-state index in [9.17, 15) is 33.1 Å². The Kier molecular flexibility index (Phi) is 40.1. The van der Waals surface area contributed by atoms with Crippen LogP contribution < -0.4 is 0 Å². The number of ether oxygens (including phenoxy) is 4. The van der Waals surface area contributed by atoms with Crippen LogP contribution in [0.3, 0.4) is 0 Å². The number of aliphatic hydroxyl groups excluding tert-OH is 3. The van der Waals surface area contributed by atoms with E-state index in [2.05, 4.69) is 115 Å². The number of carbonyl (C=O) groups is 1. The second kappa shape index (κ2) is 43.3. The van der Waals surface area contributed by atoms with Gasteiger partial charge >= 0.3 is 16.4 Å². The molecule has 1 rings (SSSR count). The van der Waals surface area contributed by atoms with Crippen LogP contribution >= 0.6 is 0 Å². The SMILES string of the molecule is CC/C=C\C/C=C\C/C=C\C/C=C\C/C=C\C/C=C\CCCCCOCC(COC1OC(CO)C(O)C(OS(=O)(=O)O)C1O)OC(=O)CCCCCCCCC/C=C\C/C=C\CCCCC. The van der Waals surface area contributed by atoms with E-state index in [1.807, 2.05) is 0 Å². The van der Waals surface area contributed by atoms with Gasteiger partial charge in [0.15, 0.2) is 6.29 Å². The minimum Gasteiger partial charge on any atom is -0.457 e. The monoisotopic (exact) mass is 949 g/mol. The van der Waals surface area contributed by atoms with Gasteiger partial charge in [-0.05, 0) is 96.3 Å². The lowest BCUT2D eigenvalue weighted by Gasteiger charge is -2.41. The van der Waals surface area contributed by atoms with Crippen molar-refractivity contribution in [2.75, 3.05) is 26.4 Å². The summed E-state index contributed by atoms with van der Waals surface area (Å²) in [6.07, 6.45) is 50.0. The molecule has 378 valence electrons. The lowest BCUT2D eigenvalue weighted by atomic mass is 9.99. The number of allylic oxidation sites excluding steroid dienone is 16. The first kappa shape index (κ1) is 61.0. The maximum atomic E-state index is 12.9. The van der Waals surface area contributed by atoms with Gasteiger partial charge in [-0.25, -0.2) is 4.18 Å². The van der Waals surface area contributed by atoms with Crippen LogP contribution in [0.5, 0.6) is 0 Å². The summed E-state index contributed by atoms with van der Waals surface area (Å²) in [5.41, 5.74) is 0. The number of carbonyl (C=O) groups excluding carboxylic acids is 1. The Labute approximate surface area is 399 Å². The zero-order valence-electron chi connectivity index (χ0n) is 40.5. The molecular formula is C53H88O12S. The molecule has 1 saturated heterocycles. The third kappa shape index (κ3) is 36.1. The Balaban J connectivity index is 2.43. The molecule has 6 unspecified atom stereocenters. The van der Waals surface area contributed by atoms with Gasteiger partial charge in [-0.1, -0.05) is 162 Å². The Bertz CT molecular complexity index is 1520. The first-order valence-corrected chi connectivity index (χ1v) is 26.4. The van der Waals surface area contributed by atoms with Crippen LogP contribution in [0.25, 0.3) is 0 Å². The van der Waals surface area contributed by atoms with Crippen LogP contribution in [0.1, 0.15) is 168 Å². The van der Waals surface area contributed by atoms with E-state index in [0.717, 1.165) is 103 Å². The number of hydrogen-bond acceptors (Lipinski definition) is 11. The molecule has 66 heavy (non-hydrogen) atoms. The number of esters is 1. The highest BCUT2D eigenvalue weighted by Crippen LogP contribution is 2.26. The second-order valence-electron chi connectivity index (χ2n) is 16.7. The second-order valence-corrected chi connectivity index (χ2v) is 17.7. The van der Waals surface area contributed by atoms with Gasteiger partial charge in [0.1, 0.15) is 30.5 Å². The molecular weight excluding hydrogens is 861 g/mol. The Morgan fingerprint density at radius 3 is 1.53 bits per heavy atom. The van der Waals surface area contributed by atoms with E-state index in [1.54, 1.807) is 0 Å². The summed E-state index contributed by atoms with van der Waals surface area (Å²) in [5, 5.41) is 30.7. The summed E-state index contributed by atoms with van der Waals surface area (Å²) in [5.74, 6) is -0.424. The largest absolute Gasteiger partial charge is 0.457 e. The Morgan fingerprint density at radius 1 is 0.591 bits per heavy atom. The summed E-state index contributed by atoms with van der Waals surface area (Å²) in [4.78, 5) is 12.9. The zero-order chi connectivity index (χ0) is 48.2. The van der Waals surface area contributed by atoms with Crippen LogP contribution in [0, 0.1) is 0 Å². The average Bonchev–Trinajstić information content (AvgIpc) is 3.29. The van der Waals surface area contributed by atoms with Crippen molar-refractivity contribution in [1.82, 2.24) is 0 Å². The molecule has 1 aliphatic heterocycles. The molecule has 0 aromatic carbocycles. The minimum absolute atomic E-state index is 0.00361. The van der Waals surface area contributed by atoms with E-state index >= 15 is 0 Å². The number of aliphatic hydroxyl groups is 3. The van der Waals surface area contributed by atoms with E-state index in [1.165, 1.54) is 38.5 Å². The van der Waals surface area contributed by atoms with Crippen LogP contribution in [-0.4, -0.2) is 97.5 Å². The van der Waals surface area contributed by atoms with Crippen LogP contribution in [0.15, 0.2) is 97.2 Å². The highest BCUT2D eigenvalue weighted by molar-refractivity contribution is 7.80. The number of rotatable bonds is 42. The normalized spacial score (nSPS) is 20.4. The molecule has 13 heteroatoms. The van der Waals surface area contributed by atoms with E-state index in [0.29, 0.717) is 13.0 Å². The van der Waals surface area contributed by atoms with Crippen molar-refractivity contribution in [1.29, 1.82) is 0 Å². The molecule has 1 aliphatic rings. The van der Waals surface area contributed by atoms with Crippen molar-refractivity contribution in [3.8, 4) is 0 Å². The maximum Gasteiger partial charge on any atom is 0.397 e. The molecule has 0 amide bonds. The third-order valence-corrected chi connectivity index (χ3v) is 11.2. The summed E-state index contributed by atoms with van der Waals surface area (Å²) >= 11 is 0. The Morgan fingerprint density at radius 2 is 1.05 bits per heavy atom. The molecule has 1 fully saturated rings. The molecule has 0 spiro atoms. The fraction of sp³-hybridized carbons (Fsp3) is 0.679. The topological polar surface area (TPSA) is 178 Å². The number of unbranched alkanes of at least 4 members (excludes halogenated alkanes) is 13. The molecule has 6 atom stereocenters. The van der Waals surface area contributed by atoms with Crippen molar-refractivity contribution >= 4 is 16.4 Å². The first-order chi connectivity index (χ1) is 32.1. The van der Waals surface area contributed by atoms with Gasteiger partial charge in [0, 0.05) is 13.0 Å². The quantitative estimate of drug-likeness (QED) is 0.0197. The highest BCUT2D eigenvalue weighted by Gasteiger charge is 2.48. The molecule has 0 saturated carbocycles. The lowest BCUT2D eigenvalue weighted by molar-refractivity contribution is -0.301. The molecule has 0 radical (unpaired) electrons. The summed E-state index contributed by atoms with van der Waals surface area (Å²) < 4.78 is 59.2. The molecule has 0 aliphatic carbocycles. The number of hydrogen-bond donors (Lipinski definition) is 4. The fourth-order valence-corrected chi connectivity index (χ4v) is 7.45. The van der Waals surface area contributed by atoms with Crippen molar-refractivity contribution < 1.29 is 56.2 Å². The van der Waals surface area contributed by atoms with E-state index < -0.39 is 59.8 Å². The van der Waals surface area contributed by atoms with Gasteiger partial charge in [0.25, 0.3) is 0 Å². The van der Waals surface area contributed by atoms with Gasteiger partial charge in [-0.3, -0.25) is 9.35 Å². The highest BCUT2D eigenvalue weighted by atomic mass is 32.3. The summed E-state index contributed by atoms with van der Waals surface area (Å²) in [7, 11) is -5.08. The van der Waals surface area contributed by atoms with Crippen molar-refractivity contribution in [3.63, 3.8) is 0 Å². The van der Waals surface area contributed by atoms with Crippen molar-refractivity contribution in [2.45, 2.75) is 205 Å². The average molecular weight is 949 g/mol. The smallest absolute Gasteiger partial charge is 0.397 e.